The fraction of sp³-hybridized carbons (Fsp3) is 0.692. The Morgan fingerprint density at radius 1 is 1.04 bits per heavy atom. The standard InChI is InChI=1S/C26H45N8O17P3S/c1-26(2,21(38)24(39)30-8-6-16(35)29-9-10-55-17(36)5-3-4-7-27)12-48-54(45,46)51-53(43,44)47-11-15-20(50-52(40,41)42)19(37)25(49-15)34-14-33-18-22(28)31-13-32-23(18)34/h13-15,19-21,25,37-38H,3-12,27H2,1-2H3,(H,29,35)(H,30,39)(H,43,44)(H,45,46)(H2,28,31,32)(H2,40,41,42). The molecule has 1 saturated heterocycles. The average Bonchev–Trinajstić information content (AvgIpc) is 3.64. The van der Waals surface area contributed by atoms with E-state index in [0.29, 0.717) is 25.1 Å². The number of phosphoric ester groups is 3. The van der Waals surface area contributed by atoms with E-state index in [-0.39, 0.29) is 41.6 Å². The van der Waals surface area contributed by atoms with E-state index in [1.807, 2.05) is 0 Å². The minimum absolute atomic E-state index is 0.0142. The number of nitrogen functional groups attached to an aromatic ring is 1. The molecule has 0 spiro atoms. The van der Waals surface area contributed by atoms with Crippen molar-refractivity contribution in [2.24, 2.45) is 11.1 Å². The highest BCUT2D eigenvalue weighted by molar-refractivity contribution is 8.13. The Labute approximate surface area is 317 Å². The number of carbonyl (C=O) groups excluding carboxylic acids is 3. The molecule has 3 rings (SSSR count). The van der Waals surface area contributed by atoms with Gasteiger partial charge in [-0.3, -0.25) is 32.5 Å². The second kappa shape index (κ2) is 20.3. The average molecular weight is 867 g/mol. The zero-order valence-electron chi connectivity index (χ0n) is 29.5. The summed E-state index contributed by atoms with van der Waals surface area (Å²) in [6.07, 6.45) is -5.10. The first-order valence-corrected chi connectivity index (χ1v) is 21.8. The number of nitrogens with zero attached hydrogens (tertiary/aromatic N) is 4. The predicted molar refractivity (Wildman–Crippen MR) is 190 cm³/mol. The van der Waals surface area contributed by atoms with Gasteiger partial charge in [0.1, 0.15) is 36.3 Å². The maximum absolute atomic E-state index is 12.7. The summed E-state index contributed by atoms with van der Waals surface area (Å²) in [5, 5.41) is 26.3. The monoisotopic (exact) mass is 866 g/mol. The number of nitrogens with one attached hydrogen (secondary N) is 2. The molecule has 0 aromatic carbocycles. The molecule has 0 saturated carbocycles. The van der Waals surface area contributed by atoms with Gasteiger partial charge < -0.3 is 56.6 Å². The maximum Gasteiger partial charge on any atom is 0.481 e. The van der Waals surface area contributed by atoms with E-state index < -0.39 is 84.6 Å². The third-order valence-corrected chi connectivity index (χ3v) is 11.6. The first-order valence-electron chi connectivity index (χ1n) is 16.3. The molecule has 55 heavy (non-hydrogen) atoms. The van der Waals surface area contributed by atoms with Crippen molar-refractivity contribution in [3.8, 4) is 0 Å². The molecule has 1 aliphatic rings. The van der Waals surface area contributed by atoms with Crippen LogP contribution in [0.2, 0.25) is 0 Å². The van der Waals surface area contributed by atoms with Crippen LogP contribution in [0.1, 0.15) is 45.8 Å². The molecule has 29 heteroatoms. The number of thioether (sulfide) groups is 1. The number of nitrogens with two attached hydrogens (primary N) is 2. The number of aliphatic hydroxyl groups excluding tert-OH is 2. The highest BCUT2D eigenvalue weighted by Crippen LogP contribution is 2.61. The van der Waals surface area contributed by atoms with Crippen LogP contribution in [0.3, 0.4) is 0 Å². The maximum atomic E-state index is 12.7. The summed E-state index contributed by atoms with van der Waals surface area (Å²) < 4.78 is 62.0. The van der Waals surface area contributed by atoms with Gasteiger partial charge in [0.25, 0.3) is 0 Å². The van der Waals surface area contributed by atoms with Crippen molar-refractivity contribution in [1.29, 1.82) is 0 Å². The van der Waals surface area contributed by atoms with Crippen LogP contribution in [0, 0.1) is 5.41 Å². The quantitative estimate of drug-likeness (QED) is 0.0463. The number of fused-ring (bicyclic) bond motifs is 1. The van der Waals surface area contributed by atoms with Crippen LogP contribution in [-0.2, 0) is 50.7 Å². The van der Waals surface area contributed by atoms with Gasteiger partial charge in [0.15, 0.2) is 22.8 Å². The minimum Gasteiger partial charge on any atom is -0.386 e. The zero-order chi connectivity index (χ0) is 41.2. The largest absolute Gasteiger partial charge is 0.481 e. The molecule has 25 nitrogen and oxygen atoms in total. The zero-order valence-corrected chi connectivity index (χ0v) is 33.0. The second-order valence-electron chi connectivity index (χ2n) is 12.5. The van der Waals surface area contributed by atoms with Crippen molar-refractivity contribution >= 4 is 69.1 Å². The van der Waals surface area contributed by atoms with E-state index in [1.54, 1.807) is 0 Å². The van der Waals surface area contributed by atoms with Crippen molar-refractivity contribution in [2.45, 2.75) is 70.2 Å². The lowest BCUT2D eigenvalue weighted by atomic mass is 9.87. The highest BCUT2D eigenvalue weighted by atomic mass is 32.2. The van der Waals surface area contributed by atoms with Crippen LogP contribution in [-0.4, -0.2) is 129 Å². The molecule has 0 aliphatic carbocycles. The number of hydrogen-bond donors (Lipinski definition) is 10. The number of ether oxygens (including phenoxy) is 1. The number of aromatic nitrogens is 4. The van der Waals surface area contributed by atoms with Gasteiger partial charge in [0.2, 0.25) is 11.8 Å². The molecular formula is C26H45N8O17P3S. The fourth-order valence-electron chi connectivity index (χ4n) is 4.78. The van der Waals surface area contributed by atoms with Gasteiger partial charge in [0.05, 0.1) is 19.5 Å². The number of amides is 2. The molecule has 0 radical (unpaired) electrons. The third-order valence-electron chi connectivity index (χ3n) is 7.60. The van der Waals surface area contributed by atoms with Crippen LogP contribution in [0.25, 0.3) is 11.2 Å². The van der Waals surface area contributed by atoms with Gasteiger partial charge in [0, 0.05) is 37.1 Å². The summed E-state index contributed by atoms with van der Waals surface area (Å²) in [6, 6.07) is 0. The Morgan fingerprint density at radius 2 is 1.73 bits per heavy atom. The normalized spacial score (nSPS) is 21.8. The van der Waals surface area contributed by atoms with E-state index in [4.69, 9.17) is 25.3 Å². The van der Waals surface area contributed by atoms with E-state index >= 15 is 0 Å². The summed E-state index contributed by atoms with van der Waals surface area (Å²) in [5.41, 5.74) is 9.65. The lowest BCUT2D eigenvalue weighted by molar-refractivity contribution is -0.137. The van der Waals surface area contributed by atoms with Gasteiger partial charge in [-0.15, -0.1) is 0 Å². The van der Waals surface area contributed by atoms with Crippen LogP contribution in [0.4, 0.5) is 5.82 Å². The molecule has 3 heterocycles. The molecule has 0 bridgehead atoms. The van der Waals surface area contributed by atoms with Crippen molar-refractivity contribution < 1.29 is 80.5 Å². The minimum atomic E-state index is -5.57. The molecule has 2 amide bonds. The summed E-state index contributed by atoms with van der Waals surface area (Å²) in [7, 11) is -16.4. The Morgan fingerprint density at radius 3 is 2.40 bits per heavy atom. The Bertz CT molecular complexity index is 1780. The summed E-state index contributed by atoms with van der Waals surface area (Å²) in [5.74, 6) is -1.10. The fourth-order valence-corrected chi connectivity index (χ4v) is 8.33. The number of hydrogen-bond acceptors (Lipinski definition) is 19. The Kier molecular flexibility index (Phi) is 17.3. The predicted octanol–water partition coefficient (Wildman–Crippen LogP) is -1.21. The smallest absolute Gasteiger partial charge is 0.386 e. The molecule has 1 aliphatic heterocycles. The Hall–Kier alpha value is -2.48. The van der Waals surface area contributed by atoms with Gasteiger partial charge in [-0.1, -0.05) is 25.6 Å². The number of rotatable bonds is 23. The van der Waals surface area contributed by atoms with Gasteiger partial charge >= 0.3 is 23.5 Å². The molecule has 1 fully saturated rings. The van der Waals surface area contributed by atoms with E-state index in [1.165, 1.54) is 13.8 Å². The summed E-state index contributed by atoms with van der Waals surface area (Å²) in [4.78, 5) is 87.2. The van der Waals surface area contributed by atoms with Crippen molar-refractivity contribution in [3.05, 3.63) is 12.7 Å². The van der Waals surface area contributed by atoms with Crippen molar-refractivity contribution in [2.75, 3.05) is 44.3 Å². The summed E-state index contributed by atoms with van der Waals surface area (Å²) >= 11 is 1.08. The van der Waals surface area contributed by atoms with Crippen LogP contribution >= 0.6 is 35.2 Å². The first-order chi connectivity index (χ1) is 25.6. The molecule has 312 valence electrons. The molecule has 7 unspecified atom stereocenters. The van der Waals surface area contributed by atoms with Gasteiger partial charge in [-0.2, -0.15) is 4.31 Å². The van der Waals surface area contributed by atoms with Crippen LogP contribution in [0.5, 0.6) is 0 Å². The molecule has 12 N–H and O–H groups in total. The lowest BCUT2D eigenvalue weighted by Gasteiger charge is -2.30. The molecular weight excluding hydrogens is 821 g/mol. The third kappa shape index (κ3) is 14.8. The number of anilines is 1. The van der Waals surface area contributed by atoms with Crippen molar-refractivity contribution in [3.63, 3.8) is 0 Å². The van der Waals surface area contributed by atoms with Gasteiger partial charge in [-0.05, 0) is 19.4 Å². The topological polar surface area (TPSA) is 390 Å². The SMILES string of the molecule is CC(C)(COP(=O)(O)OP(=O)(O)OCC1OC(n2cnc3c(N)ncnc32)C(O)C1OP(=O)(O)O)C(O)C(=O)NCCC(=O)NCCSC(=O)CCCCN. The lowest BCUT2D eigenvalue weighted by Crippen LogP contribution is -2.46. The Balaban J connectivity index is 1.49. The van der Waals surface area contributed by atoms with E-state index in [2.05, 4.69) is 34.4 Å². The number of imidazole rings is 1. The molecule has 7 atom stereocenters. The van der Waals surface area contributed by atoms with Crippen LogP contribution in [0.15, 0.2) is 12.7 Å². The van der Waals surface area contributed by atoms with E-state index in [9.17, 15) is 57.9 Å². The number of carbonyl (C=O) groups is 3. The number of aliphatic hydroxyl groups is 2. The van der Waals surface area contributed by atoms with Crippen LogP contribution < -0.4 is 22.1 Å². The number of phosphoric acid groups is 3. The summed E-state index contributed by atoms with van der Waals surface area (Å²) in [6.45, 7) is 0.995. The first kappa shape index (κ1) is 46.9. The van der Waals surface area contributed by atoms with E-state index in [0.717, 1.165) is 35.4 Å². The van der Waals surface area contributed by atoms with Gasteiger partial charge in [-0.25, -0.2) is 28.6 Å². The number of unbranched alkanes of at least 4 members (excludes halogenated alkanes) is 1. The van der Waals surface area contributed by atoms with Crippen molar-refractivity contribution in [1.82, 2.24) is 30.2 Å². The molecule has 2 aromatic rings. The second-order valence-corrected chi connectivity index (χ2v) is 17.9. The highest BCUT2D eigenvalue weighted by Gasteiger charge is 2.50. The molecule has 2 aromatic heterocycles.